The molecule has 2 unspecified atom stereocenters. The van der Waals surface area contributed by atoms with Gasteiger partial charge in [-0.15, -0.1) is 6.42 Å². The number of carbonyl (C=O) groups excluding carboxylic acids is 1. The van der Waals surface area contributed by atoms with E-state index < -0.39 is 5.60 Å². The molecule has 24 heavy (non-hydrogen) atoms. The number of hydrogen-bond acceptors (Lipinski definition) is 3. The number of hydrogen-bond donors (Lipinski definition) is 2. The normalized spacial score (nSPS) is 53.5. The standard InChI is InChI=1S/C21H28O3/c1-4-21(24)10-16-15-6-5-13-9-14(22)7-8-20(13,3)18(15)17(23)11-19(16,2)12-21/h1,9,15-18,23-24H,5-8,10-12H2,2-3H3/t15-,16-,17?,18+,19+,20-,21?/m0/s1. The van der Waals surface area contributed by atoms with Gasteiger partial charge in [-0.2, -0.15) is 0 Å². The first kappa shape index (κ1) is 16.4. The fraction of sp³-hybridized carbons (Fsp3) is 0.762. The zero-order chi connectivity index (χ0) is 17.3. The second kappa shape index (κ2) is 4.96. The predicted molar refractivity (Wildman–Crippen MR) is 91.9 cm³/mol. The molecule has 0 heterocycles. The van der Waals surface area contributed by atoms with E-state index in [4.69, 9.17) is 6.42 Å². The first-order valence-corrected chi connectivity index (χ1v) is 9.33. The third-order valence-corrected chi connectivity index (χ3v) is 7.93. The van der Waals surface area contributed by atoms with Crippen molar-refractivity contribution in [1.29, 1.82) is 0 Å². The molecule has 3 fully saturated rings. The zero-order valence-electron chi connectivity index (χ0n) is 14.7. The van der Waals surface area contributed by atoms with Crippen molar-refractivity contribution in [2.75, 3.05) is 0 Å². The van der Waals surface area contributed by atoms with Crippen molar-refractivity contribution in [3.8, 4) is 12.3 Å². The summed E-state index contributed by atoms with van der Waals surface area (Å²) in [6.07, 6.45) is 12.4. The minimum atomic E-state index is -1.02. The summed E-state index contributed by atoms with van der Waals surface area (Å²) in [5.41, 5.74) is 0.0686. The highest BCUT2D eigenvalue weighted by Crippen LogP contribution is 2.66. The minimum Gasteiger partial charge on any atom is -0.393 e. The van der Waals surface area contributed by atoms with Crippen molar-refractivity contribution in [2.24, 2.45) is 28.6 Å². The first-order chi connectivity index (χ1) is 11.2. The number of terminal acetylenes is 1. The van der Waals surface area contributed by atoms with Gasteiger partial charge in [0.1, 0.15) is 5.60 Å². The van der Waals surface area contributed by atoms with Gasteiger partial charge < -0.3 is 10.2 Å². The largest absolute Gasteiger partial charge is 0.393 e. The summed E-state index contributed by atoms with van der Waals surface area (Å²) in [6, 6.07) is 0. The van der Waals surface area contributed by atoms with E-state index in [1.165, 1.54) is 5.57 Å². The Labute approximate surface area is 144 Å². The second-order valence-electron chi connectivity index (χ2n) is 9.37. The Bertz CT molecular complexity index is 658. The lowest BCUT2D eigenvalue weighted by Crippen LogP contribution is -2.55. The molecule has 0 saturated heterocycles. The summed E-state index contributed by atoms with van der Waals surface area (Å²) in [6.45, 7) is 4.45. The quantitative estimate of drug-likeness (QED) is 0.672. The van der Waals surface area contributed by atoms with Crippen LogP contribution in [0.1, 0.15) is 58.8 Å². The number of carbonyl (C=O) groups is 1. The summed E-state index contributed by atoms with van der Waals surface area (Å²) in [4.78, 5) is 11.9. The molecule has 3 saturated carbocycles. The van der Waals surface area contributed by atoms with Crippen molar-refractivity contribution in [2.45, 2.75) is 70.5 Å². The van der Waals surface area contributed by atoms with Gasteiger partial charge in [0.25, 0.3) is 0 Å². The van der Waals surface area contributed by atoms with Crippen molar-refractivity contribution in [1.82, 2.24) is 0 Å². The Hall–Kier alpha value is -1.11. The molecule has 4 aliphatic rings. The molecule has 0 aromatic carbocycles. The van der Waals surface area contributed by atoms with Crippen LogP contribution in [0.15, 0.2) is 11.6 Å². The monoisotopic (exact) mass is 328 g/mol. The Morgan fingerprint density at radius 2 is 2.04 bits per heavy atom. The van der Waals surface area contributed by atoms with Crippen molar-refractivity contribution in [3.63, 3.8) is 0 Å². The number of aliphatic hydroxyl groups is 2. The molecule has 4 rings (SSSR count). The van der Waals surface area contributed by atoms with Crippen LogP contribution in [0.3, 0.4) is 0 Å². The average Bonchev–Trinajstić information content (AvgIpc) is 2.79. The van der Waals surface area contributed by atoms with Crippen LogP contribution < -0.4 is 0 Å². The zero-order valence-corrected chi connectivity index (χ0v) is 14.7. The summed E-state index contributed by atoms with van der Waals surface area (Å²) in [7, 11) is 0. The van der Waals surface area contributed by atoms with Gasteiger partial charge in [0.2, 0.25) is 0 Å². The maximum absolute atomic E-state index is 11.9. The van der Waals surface area contributed by atoms with Crippen molar-refractivity contribution < 1.29 is 15.0 Å². The SMILES string of the molecule is C#CC1(O)C[C@H]2[C@@H]3CCC4=CC(=O)CC[C@]4(C)[C@H]3C(O)C[C@]2(C)C1. The molecule has 0 aromatic heterocycles. The van der Waals surface area contributed by atoms with Crippen LogP contribution >= 0.6 is 0 Å². The van der Waals surface area contributed by atoms with Crippen LogP contribution in [0, 0.1) is 40.9 Å². The van der Waals surface area contributed by atoms with E-state index in [-0.39, 0.29) is 28.6 Å². The smallest absolute Gasteiger partial charge is 0.155 e. The third kappa shape index (κ3) is 2.09. The number of ketones is 1. The minimum absolute atomic E-state index is 0.0750. The lowest BCUT2D eigenvalue weighted by molar-refractivity contribution is -0.127. The molecule has 0 radical (unpaired) electrons. The summed E-state index contributed by atoms with van der Waals surface area (Å²) < 4.78 is 0. The molecule has 0 aliphatic heterocycles. The molecule has 0 bridgehead atoms. The Morgan fingerprint density at radius 1 is 1.29 bits per heavy atom. The number of rotatable bonds is 0. The van der Waals surface area contributed by atoms with E-state index in [1.807, 2.05) is 6.08 Å². The first-order valence-electron chi connectivity index (χ1n) is 9.33. The van der Waals surface area contributed by atoms with Gasteiger partial charge in [0, 0.05) is 6.42 Å². The molecule has 4 aliphatic carbocycles. The number of aliphatic hydroxyl groups excluding tert-OH is 1. The molecule has 0 amide bonds. The van der Waals surface area contributed by atoms with Gasteiger partial charge in [0.15, 0.2) is 5.78 Å². The van der Waals surface area contributed by atoms with Crippen LogP contribution in [0.4, 0.5) is 0 Å². The van der Waals surface area contributed by atoms with Crippen LogP contribution in [0.25, 0.3) is 0 Å². The molecule has 7 atom stereocenters. The predicted octanol–water partition coefficient (Wildman–Crippen LogP) is 2.85. The van der Waals surface area contributed by atoms with Crippen LogP contribution in [0.5, 0.6) is 0 Å². The fourth-order valence-corrected chi connectivity index (χ4v) is 6.94. The highest BCUT2D eigenvalue weighted by molar-refractivity contribution is 5.91. The lowest BCUT2D eigenvalue weighted by atomic mass is 9.46. The Morgan fingerprint density at radius 3 is 2.75 bits per heavy atom. The molecule has 2 N–H and O–H groups in total. The van der Waals surface area contributed by atoms with Gasteiger partial charge in [-0.1, -0.05) is 25.3 Å². The molecule has 0 aromatic rings. The second-order valence-corrected chi connectivity index (χ2v) is 9.37. The van der Waals surface area contributed by atoms with Crippen molar-refractivity contribution >= 4 is 5.78 Å². The van der Waals surface area contributed by atoms with E-state index >= 15 is 0 Å². The topological polar surface area (TPSA) is 57.5 Å². The Kier molecular flexibility index (Phi) is 3.38. The fourth-order valence-electron chi connectivity index (χ4n) is 6.94. The third-order valence-electron chi connectivity index (χ3n) is 7.93. The van der Waals surface area contributed by atoms with Crippen LogP contribution in [-0.2, 0) is 4.79 Å². The molecule has 3 nitrogen and oxygen atoms in total. The van der Waals surface area contributed by atoms with E-state index in [0.29, 0.717) is 37.5 Å². The van der Waals surface area contributed by atoms with Gasteiger partial charge in [-0.25, -0.2) is 0 Å². The molecule has 3 heteroatoms. The summed E-state index contributed by atoms with van der Waals surface area (Å²) >= 11 is 0. The molecular formula is C21H28O3. The van der Waals surface area contributed by atoms with E-state index in [9.17, 15) is 15.0 Å². The van der Waals surface area contributed by atoms with Gasteiger partial charge >= 0.3 is 0 Å². The summed E-state index contributed by atoms with van der Waals surface area (Å²) in [5, 5.41) is 21.8. The van der Waals surface area contributed by atoms with Crippen molar-refractivity contribution in [3.05, 3.63) is 11.6 Å². The molecular weight excluding hydrogens is 300 g/mol. The van der Waals surface area contributed by atoms with Gasteiger partial charge in [-0.3, -0.25) is 4.79 Å². The highest BCUT2D eigenvalue weighted by atomic mass is 16.3. The highest BCUT2D eigenvalue weighted by Gasteiger charge is 2.63. The van der Waals surface area contributed by atoms with Crippen LogP contribution in [0.2, 0.25) is 0 Å². The van der Waals surface area contributed by atoms with E-state index in [0.717, 1.165) is 19.3 Å². The average molecular weight is 328 g/mol. The molecule has 0 spiro atoms. The maximum atomic E-state index is 11.9. The lowest BCUT2D eigenvalue weighted by Gasteiger charge is -2.58. The van der Waals surface area contributed by atoms with E-state index in [1.54, 1.807) is 0 Å². The number of allylic oxidation sites excluding steroid dienone is 1. The number of fused-ring (bicyclic) bond motifs is 5. The van der Waals surface area contributed by atoms with Crippen LogP contribution in [-0.4, -0.2) is 27.7 Å². The molecule has 130 valence electrons. The maximum Gasteiger partial charge on any atom is 0.155 e. The summed E-state index contributed by atoms with van der Waals surface area (Å²) in [5.74, 6) is 3.79. The Balaban J connectivity index is 1.74. The van der Waals surface area contributed by atoms with E-state index in [2.05, 4.69) is 19.8 Å². The van der Waals surface area contributed by atoms with Gasteiger partial charge in [-0.05, 0) is 73.2 Å². The van der Waals surface area contributed by atoms with Gasteiger partial charge in [0.05, 0.1) is 6.10 Å².